The predicted octanol–water partition coefficient (Wildman–Crippen LogP) is 3.23. The van der Waals surface area contributed by atoms with Gasteiger partial charge in [0.15, 0.2) is 0 Å². The quantitative estimate of drug-likeness (QED) is 0.861. The van der Waals surface area contributed by atoms with Crippen LogP contribution >= 0.6 is 11.3 Å². The Bertz CT molecular complexity index is 400. The molecule has 102 valence electrons. The SMILES string of the molecule is CCOC(C)(CC)c1nc(CC2(N)CCC2)cs1. The topological polar surface area (TPSA) is 48.1 Å². The van der Waals surface area contributed by atoms with Crippen LogP contribution in [0.2, 0.25) is 0 Å². The summed E-state index contributed by atoms with van der Waals surface area (Å²) in [5.74, 6) is 0. The van der Waals surface area contributed by atoms with Crippen LogP contribution in [0.25, 0.3) is 0 Å². The van der Waals surface area contributed by atoms with E-state index in [4.69, 9.17) is 15.5 Å². The molecule has 1 heterocycles. The molecule has 0 spiro atoms. The summed E-state index contributed by atoms with van der Waals surface area (Å²) in [5.41, 5.74) is 7.19. The fourth-order valence-electron chi connectivity index (χ4n) is 2.43. The second kappa shape index (κ2) is 5.27. The fraction of sp³-hybridized carbons (Fsp3) is 0.786. The van der Waals surface area contributed by atoms with Crippen molar-refractivity contribution in [2.45, 2.75) is 64.0 Å². The van der Waals surface area contributed by atoms with Crippen molar-refractivity contribution in [1.29, 1.82) is 0 Å². The number of nitrogens with zero attached hydrogens (tertiary/aromatic N) is 1. The van der Waals surface area contributed by atoms with Gasteiger partial charge in [0.05, 0.1) is 5.69 Å². The minimum atomic E-state index is -0.237. The lowest BCUT2D eigenvalue weighted by Gasteiger charge is -2.37. The van der Waals surface area contributed by atoms with E-state index in [1.165, 1.54) is 6.42 Å². The summed E-state index contributed by atoms with van der Waals surface area (Å²) in [5, 5.41) is 3.24. The van der Waals surface area contributed by atoms with Gasteiger partial charge in [-0.3, -0.25) is 0 Å². The summed E-state index contributed by atoms with van der Waals surface area (Å²) < 4.78 is 5.87. The first-order valence-corrected chi connectivity index (χ1v) is 7.77. The maximum atomic E-state index is 6.28. The average molecular weight is 268 g/mol. The van der Waals surface area contributed by atoms with Gasteiger partial charge in [-0.1, -0.05) is 6.92 Å². The van der Waals surface area contributed by atoms with Gasteiger partial charge in [-0.2, -0.15) is 0 Å². The first-order chi connectivity index (χ1) is 8.51. The molecule has 1 aliphatic carbocycles. The molecule has 0 amide bonds. The van der Waals surface area contributed by atoms with Gasteiger partial charge in [0.25, 0.3) is 0 Å². The minimum absolute atomic E-state index is 0.0135. The number of rotatable bonds is 6. The first-order valence-electron chi connectivity index (χ1n) is 6.89. The standard InChI is InChI=1S/C14H24N2OS/c1-4-13(3,17-5-2)12-16-11(10-18-12)9-14(15)7-6-8-14/h10H,4-9,15H2,1-3H3. The van der Waals surface area contributed by atoms with Crippen molar-refractivity contribution in [1.82, 2.24) is 4.98 Å². The lowest BCUT2D eigenvalue weighted by atomic mass is 9.75. The molecule has 1 aliphatic rings. The van der Waals surface area contributed by atoms with E-state index in [2.05, 4.69) is 19.2 Å². The molecule has 1 atom stereocenters. The summed E-state index contributed by atoms with van der Waals surface area (Å²) in [6, 6.07) is 0. The third kappa shape index (κ3) is 2.76. The number of hydrogen-bond donors (Lipinski definition) is 1. The Morgan fingerprint density at radius 1 is 1.50 bits per heavy atom. The van der Waals surface area contributed by atoms with Gasteiger partial charge in [-0.05, 0) is 39.5 Å². The molecule has 0 bridgehead atoms. The van der Waals surface area contributed by atoms with Gasteiger partial charge in [0.1, 0.15) is 10.6 Å². The second-order valence-electron chi connectivity index (χ2n) is 5.55. The monoisotopic (exact) mass is 268 g/mol. The molecule has 0 aliphatic heterocycles. The van der Waals surface area contributed by atoms with Crippen LogP contribution in [-0.2, 0) is 16.8 Å². The van der Waals surface area contributed by atoms with E-state index in [9.17, 15) is 0 Å². The lowest BCUT2D eigenvalue weighted by Crippen LogP contribution is -2.48. The molecule has 0 saturated heterocycles. The highest BCUT2D eigenvalue weighted by atomic mass is 32.1. The van der Waals surface area contributed by atoms with Crippen molar-refractivity contribution in [3.05, 3.63) is 16.1 Å². The molecule has 0 aromatic carbocycles. The number of thiazole rings is 1. The summed E-state index contributed by atoms with van der Waals surface area (Å²) >= 11 is 1.70. The molecule has 0 radical (unpaired) electrons. The van der Waals surface area contributed by atoms with Crippen molar-refractivity contribution < 1.29 is 4.74 Å². The number of aromatic nitrogens is 1. The molecule has 1 saturated carbocycles. The van der Waals surface area contributed by atoms with Crippen molar-refractivity contribution in [2.75, 3.05) is 6.61 Å². The molecule has 1 unspecified atom stereocenters. The van der Waals surface area contributed by atoms with Gasteiger partial charge in [-0.25, -0.2) is 4.98 Å². The fourth-order valence-corrected chi connectivity index (χ4v) is 3.44. The summed E-state index contributed by atoms with van der Waals surface area (Å²) in [4.78, 5) is 4.75. The third-order valence-corrected chi connectivity index (χ3v) is 5.16. The molecular weight excluding hydrogens is 244 g/mol. The van der Waals surface area contributed by atoms with Crippen LogP contribution in [0.1, 0.15) is 57.2 Å². The van der Waals surface area contributed by atoms with Gasteiger partial charge in [-0.15, -0.1) is 11.3 Å². The zero-order valence-electron chi connectivity index (χ0n) is 11.7. The predicted molar refractivity (Wildman–Crippen MR) is 75.9 cm³/mol. The summed E-state index contributed by atoms with van der Waals surface area (Å²) in [6.45, 7) is 7.03. The van der Waals surface area contributed by atoms with Crippen molar-refractivity contribution >= 4 is 11.3 Å². The summed E-state index contributed by atoms with van der Waals surface area (Å²) in [6.07, 6.45) is 5.39. The Hall–Kier alpha value is -0.450. The third-order valence-electron chi connectivity index (χ3n) is 4.02. The van der Waals surface area contributed by atoms with Crippen molar-refractivity contribution in [2.24, 2.45) is 5.73 Å². The smallest absolute Gasteiger partial charge is 0.125 e. The van der Waals surface area contributed by atoms with Crippen LogP contribution in [0.5, 0.6) is 0 Å². The van der Waals surface area contributed by atoms with Crippen molar-refractivity contribution in [3.63, 3.8) is 0 Å². The molecule has 2 rings (SSSR count). The van der Waals surface area contributed by atoms with Gasteiger partial charge in [0, 0.05) is 23.9 Å². The average Bonchev–Trinajstić information content (AvgIpc) is 2.76. The Labute approximate surface area is 114 Å². The first kappa shape index (κ1) is 14.0. The highest BCUT2D eigenvalue weighted by molar-refractivity contribution is 7.09. The lowest BCUT2D eigenvalue weighted by molar-refractivity contribution is -0.0325. The van der Waals surface area contributed by atoms with E-state index in [1.54, 1.807) is 11.3 Å². The highest BCUT2D eigenvalue weighted by Gasteiger charge is 2.34. The molecule has 2 N–H and O–H groups in total. The van der Waals surface area contributed by atoms with E-state index in [-0.39, 0.29) is 11.1 Å². The zero-order valence-corrected chi connectivity index (χ0v) is 12.5. The molecular formula is C14H24N2OS. The molecule has 18 heavy (non-hydrogen) atoms. The van der Waals surface area contributed by atoms with Gasteiger partial charge < -0.3 is 10.5 Å². The molecule has 4 heteroatoms. The normalized spacial score (nSPS) is 21.3. The van der Waals surface area contributed by atoms with Crippen LogP contribution in [0.15, 0.2) is 5.38 Å². The Balaban J connectivity index is 2.09. The highest BCUT2D eigenvalue weighted by Crippen LogP contribution is 2.35. The van der Waals surface area contributed by atoms with E-state index in [1.807, 2.05) is 6.92 Å². The maximum absolute atomic E-state index is 6.28. The molecule has 1 aromatic rings. The largest absolute Gasteiger partial charge is 0.368 e. The van der Waals surface area contributed by atoms with Crippen LogP contribution in [-0.4, -0.2) is 17.1 Å². The second-order valence-corrected chi connectivity index (χ2v) is 6.41. The Kier molecular flexibility index (Phi) is 4.09. The van der Waals surface area contributed by atoms with Gasteiger partial charge >= 0.3 is 0 Å². The van der Waals surface area contributed by atoms with Crippen molar-refractivity contribution in [3.8, 4) is 0 Å². The van der Waals surface area contributed by atoms with Crippen LogP contribution in [0.3, 0.4) is 0 Å². The van der Waals surface area contributed by atoms with E-state index < -0.39 is 0 Å². The van der Waals surface area contributed by atoms with Crippen LogP contribution < -0.4 is 5.73 Å². The number of ether oxygens (including phenoxy) is 1. The van der Waals surface area contributed by atoms with Gasteiger partial charge in [0.2, 0.25) is 0 Å². The van der Waals surface area contributed by atoms with E-state index in [0.717, 1.165) is 43.0 Å². The molecule has 1 aromatic heterocycles. The number of hydrogen-bond acceptors (Lipinski definition) is 4. The Morgan fingerprint density at radius 3 is 2.72 bits per heavy atom. The zero-order chi connectivity index (χ0) is 13.2. The minimum Gasteiger partial charge on any atom is -0.368 e. The number of nitrogens with two attached hydrogens (primary N) is 1. The summed E-state index contributed by atoms with van der Waals surface area (Å²) in [7, 11) is 0. The van der Waals surface area contributed by atoms with E-state index >= 15 is 0 Å². The molecule has 1 fully saturated rings. The molecule has 3 nitrogen and oxygen atoms in total. The van der Waals surface area contributed by atoms with Crippen LogP contribution in [0.4, 0.5) is 0 Å². The Morgan fingerprint density at radius 2 is 2.22 bits per heavy atom. The van der Waals surface area contributed by atoms with E-state index in [0.29, 0.717) is 0 Å². The van der Waals surface area contributed by atoms with Crippen LogP contribution in [0, 0.1) is 0 Å². The maximum Gasteiger partial charge on any atom is 0.125 e.